The zero-order valence-corrected chi connectivity index (χ0v) is 14.1. The summed E-state index contributed by atoms with van der Waals surface area (Å²) in [5.74, 6) is -0.546. The number of amides is 1. The van der Waals surface area contributed by atoms with Crippen LogP contribution in [0.1, 0.15) is 25.7 Å². The minimum Gasteiger partial charge on any atom is -1.00 e. The van der Waals surface area contributed by atoms with Gasteiger partial charge < -0.3 is 46.7 Å². The standard InChI is InChI=1S/C11H23N3O3S.2ClH/c1-18-7-5-9(11(16)17)14-10(15)8(13)4-2-3-6-12;;/h8-9H,2-7,12-13H2,1H3,(H,14,15)(H,16,17);2*1H/t8-,9+;;/m0../s1. The number of rotatable bonds is 10. The van der Waals surface area contributed by atoms with Crippen LogP contribution in [0.5, 0.6) is 0 Å². The van der Waals surface area contributed by atoms with Gasteiger partial charge in [-0.3, -0.25) is 4.79 Å². The SMILES string of the molecule is CSCC[C@@H](NC(=O)[C@@H]([NH3+])CCCC[NH3+])C(=O)O.[Cl-].[Cl-]. The van der Waals surface area contributed by atoms with Gasteiger partial charge in [0.15, 0.2) is 6.04 Å². The third kappa shape index (κ3) is 11.6. The van der Waals surface area contributed by atoms with Crippen molar-refractivity contribution in [3.05, 3.63) is 0 Å². The number of carboxylic acid groups (broad SMARTS) is 1. The maximum atomic E-state index is 11.8. The van der Waals surface area contributed by atoms with Gasteiger partial charge in [0, 0.05) is 6.42 Å². The number of quaternary nitrogens is 2. The molecule has 1 amide bonds. The topological polar surface area (TPSA) is 122 Å². The molecule has 20 heavy (non-hydrogen) atoms. The van der Waals surface area contributed by atoms with Crippen LogP contribution in [0.15, 0.2) is 0 Å². The Bertz CT molecular complexity index is 273. The molecule has 0 spiro atoms. The van der Waals surface area contributed by atoms with Gasteiger partial charge in [-0.05, 0) is 31.3 Å². The molecule has 0 bridgehead atoms. The lowest BCUT2D eigenvalue weighted by atomic mass is 10.1. The van der Waals surface area contributed by atoms with Crippen LogP contribution in [-0.4, -0.2) is 47.6 Å². The number of thioether (sulfide) groups is 1. The largest absolute Gasteiger partial charge is 1.00 e. The first-order valence-corrected chi connectivity index (χ1v) is 7.56. The van der Waals surface area contributed by atoms with Crippen LogP contribution in [0.3, 0.4) is 0 Å². The number of hydrogen-bond donors (Lipinski definition) is 4. The molecule has 8 N–H and O–H groups in total. The molecule has 0 aromatic rings. The number of aliphatic carboxylic acids is 1. The second kappa shape index (κ2) is 15.2. The van der Waals surface area contributed by atoms with Crippen molar-refractivity contribution in [3.8, 4) is 0 Å². The molecule has 0 aliphatic rings. The average Bonchev–Trinajstić information content (AvgIpc) is 2.33. The second-order valence-corrected chi connectivity index (χ2v) is 5.21. The van der Waals surface area contributed by atoms with Gasteiger partial charge in [0.05, 0.1) is 6.54 Å². The fourth-order valence-electron chi connectivity index (χ4n) is 1.48. The summed E-state index contributed by atoms with van der Waals surface area (Å²) in [6.07, 6.45) is 4.88. The molecule has 0 unspecified atom stereocenters. The Morgan fingerprint density at radius 3 is 2.30 bits per heavy atom. The molecule has 0 aromatic carbocycles. The lowest BCUT2D eigenvalue weighted by Crippen LogP contribution is -3.00. The van der Waals surface area contributed by atoms with E-state index in [2.05, 4.69) is 16.8 Å². The van der Waals surface area contributed by atoms with Crippen molar-refractivity contribution in [2.75, 3.05) is 18.6 Å². The summed E-state index contributed by atoms with van der Waals surface area (Å²) >= 11 is 1.56. The summed E-state index contributed by atoms with van der Waals surface area (Å²) in [5.41, 5.74) is 7.50. The van der Waals surface area contributed by atoms with Crippen molar-refractivity contribution in [2.24, 2.45) is 0 Å². The van der Waals surface area contributed by atoms with Crippen molar-refractivity contribution in [2.45, 2.75) is 37.8 Å². The van der Waals surface area contributed by atoms with Gasteiger partial charge in [-0.1, -0.05) is 0 Å². The highest BCUT2D eigenvalue weighted by molar-refractivity contribution is 7.98. The van der Waals surface area contributed by atoms with E-state index in [1.807, 2.05) is 6.26 Å². The number of carbonyl (C=O) groups excluding carboxylic acids is 1. The van der Waals surface area contributed by atoms with E-state index in [-0.39, 0.29) is 36.8 Å². The summed E-state index contributed by atoms with van der Waals surface area (Å²) in [6, 6.07) is -1.19. The quantitative estimate of drug-likeness (QED) is 0.292. The molecule has 0 aliphatic carbocycles. The Kier molecular flexibility index (Phi) is 18.8. The zero-order chi connectivity index (χ0) is 14.0. The molecule has 122 valence electrons. The first kappa shape index (κ1) is 24.8. The van der Waals surface area contributed by atoms with Gasteiger partial charge in [0.2, 0.25) is 0 Å². The maximum Gasteiger partial charge on any atom is 0.326 e. The number of halogens is 2. The molecular formula is C11H25Cl2N3O3S. The summed E-state index contributed by atoms with van der Waals surface area (Å²) in [4.78, 5) is 22.7. The van der Waals surface area contributed by atoms with Crippen molar-refractivity contribution in [1.82, 2.24) is 5.32 Å². The van der Waals surface area contributed by atoms with E-state index in [1.165, 1.54) is 0 Å². The monoisotopic (exact) mass is 349 g/mol. The van der Waals surface area contributed by atoms with Crippen molar-refractivity contribution in [3.63, 3.8) is 0 Å². The predicted octanol–water partition coefficient (Wildman–Crippen LogP) is -7.66. The minimum absolute atomic E-state index is 0. The second-order valence-electron chi connectivity index (χ2n) is 4.23. The van der Waals surface area contributed by atoms with Crippen LogP contribution in [0.2, 0.25) is 0 Å². The highest BCUT2D eigenvalue weighted by Gasteiger charge is 2.24. The number of carboxylic acids is 1. The van der Waals surface area contributed by atoms with Gasteiger partial charge in [-0.15, -0.1) is 0 Å². The molecule has 0 radical (unpaired) electrons. The lowest BCUT2D eigenvalue weighted by molar-refractivity contribution is -0.406. The summed E-state index contributed by atoms with van der Waals surface area (Å²) in [7, 11) is 0. The van der Waals surface area contributed by atoms with Gasteiger partial charge in [0.25, 0.3) is 5.91 Å². The van der Waals surface area contributed by atoms with Crippen LogP contribution < -0.4 is 41.6 Å². The normalized spacial score (nSPS) is 12.6. The Morgan fingerprint density at radius 2 is 1.85 bits per heavy atom. The number of carbonyl (C=O) groups is 2. The van der Waals surface area contributed by atoms with Crippen molar-refractivity contribution in [1.29, 1.82) is 0 Å². The summed E-state index contributed by atoms with van der Waals surface area (Å²) < 4.78 is 0. The van der Waals surface area contributed by atoms with E-state index < -0.39 is 12.0 Å². The van der Waals surface area contributed by atoms with Crippen LogP contribution >= 0.6 is 11.8 Å². The van der Waals surface area contributed by atoms with Crippen LogP contribution in [0.25, 0.3) is 0 Å². The molecule has 0 saturated heterocycles. The molecular weight excluding hydrogens is 325 g/mol. The van der Waals surface area contributed by atoms with Crippen molar-refractivity contribution >= 4 is 23.6 Å². The zero-order valence-electron chi connectivity index (χ0n) is 11.7. The van der Waals surface area contributed by atoms with Crippen LogP contribution in [0, 0.1) is 0 Å². The van der Waals surface area contributed by atoms with E-state index in [4.69, 9.17) is 5.11 Å². The van der Waals surface area contributed by atoms with Crippen LogP contribution in [0.4, 0.5) is 0 Å². The average molecular weight is 350 g/mol. The summed E-state index contributed by atoms with van der Waals surface area (Å²) in [5, 5.41) is 11.5. The van der Waals surface area contributed by atoms with E-state index in [0.717, 1.165) is 19.4 Å². The van der Waals surface area contributed by atoms with E-state index in [0.29, 0.717) is 18.6 Å². The molecule has 2 atom stereocenters. The molecule has 0 aromatic heterocycles. The highest BCUT2D eigenvalue weighted by Crippen LogP contribution is 2.02. The smallest absolute Gasteiger partial charge is 0.326 e. The molecule has 0 heterocycles. The Balaban J connectivity index is -0.00000144. The van der Waals surface area contributed by atoms with Gasteiger partial charge in [-0.25, -0.2) is 4.79 Å². The minimum atomic E-state index is -0.984. The Hall–Kier alpha value is -0.210. The van der Waals surface area contributed by atoms with Gasteiger partial charge in [0.1, 0.15) is 6.04 Å². The first-order chi connectivity index (χ1) is 8.52. The fourth-order valence-corrected chi connectivity index (χ4v) is 1.95. The van der Waals surface area contributed by atoms with Gasteiger partial charge in [-0.2, -0.15) is 11.8 Å². The third-order valence-corrected chi connectivity index (χ3v) is 3.29. The van der Waals surface area contributed by atoms with Crippen LogP contribution in [-0.2, 0) is 9.59 Å². The molecule has 9 heteroatoms. The molecule has 0 aliphatic heterocycles. The molecule has 0 saturated carbocycles. The van der Waals surface area contributed by atoms with Crippen molar-refractivity contribution < 1.29 is 51.0 Å². The Labute approximate surface area is 136 Å². The van der Waals surface area contributed by atoms with E-state index in [9.17, 15) is 9.59 Å². The van der Waals surface area contributed by atoms with E-state index in [1.54, 1.807) is 11.8 Å². The first-order valence-electron chi connectivity index (χ1n) is 6.17. The van der Waals surface area contributed by atoms with E-state index >= 15 is 0 Å². The fraction of sp³-hybridized carbons (Fsp3) is 0.818. The maximum absolute atomic E-state index is 11.8. The number of nitrogens with one attached hydrogen (secondary N) is 1. The lowest BCUT2D eigenvalue weighted by Gasteiger charge is -2.15. The number of unbranched alkanes of at least 4 members (excludes halogenated alkanes) is 1. The Morgan fingerprint density at radius 1 is 1.25 bits per heavy atom. The van der Waals surface area contributed by atoms with Gasteiger partial charge >= 0.3 is 5.97 Å². The molecule has 0 fully saturated rings. The third-order valence-electron chi connectivity index (χ3n) is 2.65. The molecule has 6 nitrogen and oxygen atoms in total. The molecule has 0 rings (SSSR count). The predicted molar refractivity (Wildman–Crippen MR) is 70.8 cm³/mol. The summed E-state index contributed by atoms with van der Waals surface area (Å²) in [6.45, 7) is 0.847. The highest BCUT2D eigenvalue weighted by atomic mass is 35.5. The number of hydrogen-bond acceptors (Lipinski definition) is 3.